The average molecular weight is 848 g/mol. The van der Waals surface area contributed by atoms with E-state index < -0.39 is 72.2 Å². The van der Waals surface area contributed by atoms with Gasteiger partial charge in [-0.15, -0.1) is 0 Å². The monoisotopic (exact) mass is 847 g/mol. The summed E-state index contributed by atoms with van der Waals surface area (Å²) in [6, 6.07) is 20.3. The van der Waals surface area contributed by atoms with Crippen molar-refractivity contribution >= 4 is 51.4 Å². The molecule has 0 amide bonds. The summed E-state index contributed by atoms with van der Waals surface area (Å²) in [4.78, 5) is 42.1. The largest absolute Gasteiger partial charge is 0.456 e. The Morgan fingerprint density at radius 2 is 1.27 bits per heavy atom. The van der Waals surface area contributed by atoms with E-state index in [9.17, 15) is 30.0 Å². The van der Waals surface area contributed by atoms with Crippen LogP contribution in [-0.4, -0.2) is 109 Å². The van der Waals surface area contributed by atoms with Crippen molar-refractivity contribution in [3.8, 4) is 0 Å². The Morgan fingerprint density at radius 3 is 1.83 bits per heavy atom. The van der Waals surface area contributed by atoms with Crippen molar-refractivity contribution in [2.75, 3.05) is 5.73 Å². The topological polar surface area (TPSA) is 239 Å². The number of nitrogens with zero attached hydrogens (tertiary/aromatic N) is 6. The van der Waals surface area contributed by atoms with Crippen LogP contribution < -0.4 is 5.73 Å². The molecule has 60 heavy (non-hydrogen) atoms. The van der Waals surface area contributed by atoms with Crippen molar-refractivity contribution in [2.45, 2.75) is 103 Å². The number of halogens is 1. The van der Waals surface area contributed by atoms with Gasteiger partial charge in [0, 0.05) is 12.4 Å². The quantitative estimate of drug-likeness (QED) is 0.101. The fourth-order valence-corrected chi connectivity index (χ4v) is 7.42. The molecule has 6 N–H and O–H groups in total. The molecule has 2 aromatic carbocycles. The van der Waals surface area contributed by atoms with Crippen LogP contribution in [0.5, 0.6) is 0 Å². The number of aliphatic hydroxyl groups is 4. The highest BCUT2D eigenvalue weighted by Gasteiger charge is 2.59. The number of hydrogen-bond donors (Lipinski definition) is 5. The fourth-order valence-electron chi connectivity index (χ4n) is 7.23. The second kappa shape index (κ2) is 18.0. The summed E-state index contributed by atoms with van der Waals surface area (Å²) in [5.41, 5.74) is 4.04. The summed E-state index contributed by atoms with van der Waals surface area (Å²) in [6.07, 6.45) is -2.12. The maximum Gasteiger partial charge on any atom is 0.338 e. The molecule has 10 atom stereocenters. The molecule has 2 aliphatic heterocycles. The predicted molar refractivity (Wildman–Crippen MR) is 222 cm³/mol. The molecule has 18 heteroatoms. The van der Waals surface area contributed by atoms with Crippen molar-refractivity contribution in [1.29, 1.82) is 0 Å². The number of anilines is 1. The number of nitrogens with two attached hydrogens (primary N) is 1. The maximum absolute atomic E-state index is 13.0. The van der Waals surface area contributed by atoms with E-state index in [0.29, 0.717) is 39.0 Å². The van der Waals surface area contributed by atoms with E-state index >= 15 is 0 Å². The van der Waals surface area contributed by atoms with Gasteiger partial charge in [-0.25, -0.2) is 29.5 Å². The van der Waals surface area contributed by atoms with Gasteiger partial charge < -0.3 is 54.2 Å². The highest BCUT2D eigenvalue weighted by molar-refractivity contribution is 6.33. The van der Waals surface area contributed by atoms with E-state index in [1.54, 1.807) is 101 Å². The van der Waals surface area contributed by atoms with Gasteiger partial charge in [-0.1, -0.05) is 62.9 Å². The lowest BCUT2D eigenvalue weighted by Gasteiger charge is -2.31. The van der Waals surface area contributed by atoms with Crippen LogP contribution in [-0.2, 0) is 18.9 Å². The minimum absolute atomic E-state index is 0. The molecular formula is C42H50ClN7O10. The lowest BCUT2D eigenvalue weighted by molar-refractivity contribution is -0.101. The number of hydrogen-bond acceptors (Lipinski definition) is 15. The Bertz CT molecular complexity index is 2410. The summed E-state index contributed by atoms with van der Waals surface area (Å²) in [6.45, 7) is 6.09. The third-order valence-electron chi connectivity index (χ3n) is 10.3. The second-order valence-electron chi connectivity index (χ2n) is 14.6. The first-order chi connectivity index (χ1) is 27.6. The molecule has 0 aliphatic carbocycles. The molecule has 4 aromatic heterocycles. The van der Waals surface area contributed by atoms with Crippen LogP contribution in [0, 0.1) is 0 Å². The molecule has 2 fully saturated rings. The smallest absolute Gasteiger partial charge is 0.338 e. The van der Waals surface area contributed by atoms with Gasteiger partial charge in [0.2, 0.25) is 0 Å². The lowest BCUT2D eigenvalue weighted by Crippen LogP contribution is -2.49. The van der Waals surface area contributed by atoms with Gasteiger partial charge >= 0.3 is 11.9 Å². The lowest BCUT2D eigenvalue weighted by atomic mass is 9.93. The average Bonchev–Trinajstić information content (AvgIpc) is 3.95. The molecule has 17 nitrogen and oxygen atoms in total. The van der Waals surface area contributed by atoms with E-state index in [-0.39, 0.29) is 20.0 Å². The van der Waals surface area contributed by atoms with Crippen LogP contribution in [0.1, 0.15) is 75.7 Å². The number of aromatic nitrogens is 6. The highest BCUT2D eigenvalue weighted by atomic mass is 35.5. The summed E-state index contributed by atoms with van der Waals surface area (Å²) in [7, 11) is 0. The molecule has 0 bridgehead atoms. The Balaban J connectivity index is 0.000000253. The minimum atomic E-state index is -1.74. The van der Waals surface area contributed by atoms with E-state index in [2.05, 4.69) is 19.9 Å². The number of aliphatic hydroxyl groups excluding tert-OH is 2. The number of nitrogen functional groups attached to an aromatic ring is 1. The van der Waals surface area contributed by atoms with Crippen LogP contribution in [0.15, 0.2) is 97.8 Å². The highest BCUT2D eigenvalue weighted by Crippen LogP contribution is 2.44. The van der Waals surface area contributed by atoms with E-state index in [1.165, 1.54) is 33.4 Å². The third-order valence-corrected chi connectivity index (χ3v) is 10.6. The number of fused-ring (bicyclic) bond motifs is 2. The minimum Gasteiger partial charge on any atom is -0.456 e. The van der Waals surface area contributed by atoms with Crippen molar-refractivity contribution in [1.82, 2.24) is 29.1 Å². The van der Waals surface area contributed by atoms with Crippen LogP contribution in [0.4, 0.5) is 5.82 Å². The van der Waals surface area contributed by atoms with Crippen molar-refractivity contribution in [2.24, 2.45) is 0 Å². The maximum atomic E-state index is 13.0. The van der Waals surface area contributed by atoms with E-state index in [1.807, 2.05) is 0 Å². The van der Waals surface area contributed by atoms with Crippen LogP contribution in [0.3, 0.4) is 0 Å². The number of ether oxygens (including phenoxy) is 4. The molecule has 0 spiro atoms. The molecule has 2 saturated heterocycles. The summed E-state index contributed by atoms with van der Waals surface area (Å²) < 4.78 is 26.6. The van der Waals surface area contributed by atoms with Crippen LogP contribution >= 0.6 is 11.6 Å². The number of benzene rings is 2. The molecule has 6 heterocycles. The first kappa shape index (κ1) is 45.6. The van der Waals surface area contributed by atoms with Gasteiger partial charge in [-0.05, 0) is 64.1 Å². The fraction of sp³-hybridized carbons (Fsp3) is 0.381. The first-order valence-electron chi connectivity index (χ1n) is 18.3. The van der Waals surface area contributed by atoms with Gasteiger partial charge in [0.25, 0.3) is 0 Å². The molecule has 2 aliphatic rings. The zero-order valence-corrected chi connectivity index (χ0v) is 32.5. The Labute approximate surface area is 351 Å². The molecular weight excluding hydrogens is 798 g/mol. The Morgan fingerprint density at radius 1 is 0.767 bits per heavy atom. The zero-order valence-electron chi connectivity index (χ0n) is 31.7. The molecule has 6 aromatic rings. The van der Waals surface area contributed by atoms with Gasteiger partial charge in [0.1, 0.15) is 70.5 Å². The molecule has 0 saturated carbocycles. The molecule has 0 unspecified atom stereocenters. The second-order valence-corrected chi connectivity index (χ2v) is 14.9. The van der Waals surface area contributed by atoms with Gasteiger partial charge in [0.15, 0.2) is 18.6 Å². The van der Waals surface area contributed by atoms with Crippen LogP contribution in [0.25, 0.3) is 22.1 Å². The first-order valence-corrected chi connectivity index (χ1v) is 18.7. The number of esters is 2. The van der Waals surface area contributed by atoms with E-state index in [4.69, 9.17) is 36.3 Å². The third kappa shape index (κ3) is 8.42. The number of carbonyl (C=O) groups is 2. The summed E-state index contributed by atoms with van der Waals surface area (Å²) >= 11 is 6.21. The Hall–Kier alpha value is -5.53. The van der Waals surface area contributed by atoms with Crippen molar-refractivity contribution in [3.05, 3.63) is 114 Å². The number of carbonyl (C=O) groups excluding carboxylic acids is 2. The van der Waals surface area contributed by atoms with Gasteiger partial charge in [-0.3, -0.25) is 0 Å². The number of rotatable bonds is 8. The predicted octanol–water partition coefficient (Wildman–Crippen LogP) is 4.88. The molecule has 8 rings (SSSR count). The standard InChI is InChI=1S/C27H24ClN3O6.C13H18N4O4.2CH4/c1-16(35-24(32)17-9-5-3-6-10-17)20-21(37-25(33)18-11-7-4-8-12-18)27(2,34)26(36-20)31-14-13-19-22(28)29-15-30-23(19)31;1-6(18)8-9(19)13(2,20)12(21-8)17-4-3-7-10(14)15-5-16-11(7)17;;/h3-16,20-21,26,34H,1-2H3;3-6,8-9,12,18-20H,1-2H3,(H2,14,15,16);2*1H4/t16-,20-,21-,26-,27-;6-,8-,9-,12-,13-;;/m11../s1. The SMILES string of the molecule is C.C.C[C@@H](O)[C@H]1O[C@@H](n2ccc3c(N)ncnc32)[C@](C)(O)[C@@H]1O.C[C@@H](OC(=O)c1ccccc1)[C@H]1O[C@@H](n2ccc3c(Cl)ncnc32)[C@](C)(O)[C@@H]1OC(=O)c1ccccc1. The summed E-state index contributed by atoms with van der Waals surface area (Å²) in [5, 5.41) is 43.6. The molecule has 320 valence electrons. The van der Waals surface area contributed by atoms with Crippen molar-refractivity contribution < 1.29 is 49.0 Å². The van der Waals surface area contributed by atoms with E-state index in [0.717, 1.165) is 0 Å². The normalized spacial score (nSPS) is 26.9. The van der Waals surface area contributed by atoms with Crippen molar-refractivity contribution in [3.63, 3.8) is 0 Å². The van der Waals surface area contributed by atoms with Gasteiger partial charge in [-0.2, -0.15) is 0 Å². The summed E-state index contributed by atoms with van der Waals surface area (Å²) in [5.74, 6) is -0.896. The van der Waals surface area contributed by atoms with Crippen LogP contribution in [0.2, 0.25) is 5.15 Å². The van der Waals surface area contributed by atoms with Gasteiger partial charge in [0.05, 0.1) is 28.0 Å². The zero-order chi connectivity index (χ0) is 41.5. The molecule has 0 radical (unpaired) electrons. The Kier molecular flexibility index (Phi) is 13.7.